The Morgan fingerprint density at radius 1 is 1.10 bits per heavy atom. The standard InChI is InChI=1S/C15H11Cl2IO2/c16-9-1-2-13(18)11(6-9)14(19)12-7-10(17)5-8-3-4-20-15(8)12/h1-2,5-7,14,19H,3-4H2. The van der Waals surface area contributed by atoms with Crippen molar-refractivity contribution >= 4 is 45.8 Å². The molecule has 2 aromatic carbocycles. The van der Waals surface area contributed by atoms with Gasteiger partial charge in [0.2, 0.25) is 0 Å². The number of rotatable bonds is 2. The zero-order valence-corrected chi connectivity index (χ0v) is 14.0. The number of hydrogen-bond acceptors (Lipinski definition) is 2. The van der Waals surface area contributed by atoms with Crippen molar-refractivity contribution in [3.8, 4) is 5.75 Å². The molecule has 3 rings (SSSR count). The Balaban J connectivity index is 2.11. The topological polar surface area (TPSA) is 29.5 Å². The molecular weight excluding hydrogens is 410 g/mol. The van der Waals surface area contributed by atoms with E-state index in [-0.39, 0.29) is 0 Å². The molecule has 0 saturated heterocycles. The van der Waals surface area contributed by atoms with Crippen LogP contribution in [0.25, 0.3) is 0 Å². The summed E-state index contributed by atoms with van der Waals surface area (Å²) in [6, 6.07) is 9.11. The molecule has 104 valence electrons. The highest BCUT2D eigenvalue weighted by Crippen LogP contribution is 2.39. The third-order valence-electron chi connectivity index (χ3n) is 3.32. The van der Waals surface area contributed by atoms with Gasteiger partial charge in [0.1, 0.15) is 11.9 Å². The van der Waals surface area contributed by atoms with E-state index < -0.39 is 6.10 Å². The van der Waals surface area contributed by atoms with Crippen molar-refractivity contribution in [3.05, 3.63) is 60.6 Å². The van der Waals surface area contributed by atoms with E-state index in [0.29, 0.717) is 22.2 Å². The Morgan fingerprint density at radius 2 is 1.85 bits per heavy atom. The molecule has 0 bridgehead atoms. The summed E-state index contributed by atoms with van der Waals surface area (Å²) >= 11 is 14.3. The molecule has 0 aromatic heterocycles. The van der Waals surface area contributed by atoms with E-state index in [1.165, 1.54) is 0 Å². The fourth-order valence-electron chi connectivity index (χ4n) is 2.39. The number of ether oxygens (including phenoxy) is 1. The minimum absolute atomic E-state index is 0.596. The second kappa shape index (κ2) is 5.72. The maximum absolute atomic E-state index is 10.7. The highest BCUT2D eigenvalue weighted by atomic mass is 127. The first-order valence-electron chi connectivity index (χ1n) is 6.14. The van der Waals surface area contributed by atoms with Gasteiger partial charge in [-0.25, -0.2) is 0 Å². The molecule has 1 aliphatic heterocycles. The fourth-order valence-corrected chi connectivity index (χ4v) is 3.45. The third kappa shape index (κ3) is 2.64. The van der Waals surface area contributed by atoms with Crippen LogP contribution >= 0.6 is 45.8 Å². The molecule has 0 aliphatic carbocycles. The predicted molar refractivity (Wildman–Crippen MR) is 88.9 cm³/mol. The Kier molecular flexibility index (Phi) is 4.13. The number of aliphatic hydroxyl groups is 1. The van der Waals surface area contributed by atoms with Gasteiger partial charge in [0.15, 0.2) is 0 Å². The molecule has 2 nitrogen and oxygen atoms in total. The van der Waals surface area contributed by atoms with Crippen molar-refractivity contribution < 1.29 is 9.84 Å². The van der Waals surface area contributed by atoms with Crippen LogP contribution in [0.2, 0.25) is 10.0 Å². The van der Waals surface area contributed by atoms with Gasteiger partial charge in [-0.1, -0.05) is 23.2 Å². The first-order chi connectivity index (χ1) is 9.56. The molecule has 0 amide bonds. The monoisotopic (exact) mass is 420 g/mol. The normalized spacial score (nSPS) is 14.8. The van der Waals surface area contributed by atoms with Crippen molar-refractivity contribution in [1.29, 1.82) is 0 Å². The molecule has 1 N–H and O–H groups in total. The Morgan fingerprint density at radius 3 is 2.65 bits per heavy atom. The summed E-state index contributed by atoms with van der Waals surface area (Å²) in [4.78, 5) is 0. The highest BCUT2D eigenvalue weighted by molar-refractivity contribution is 14.1. The van der Waals surface area contributed by atoms with Crippen LogP contribution in [-0.4, -0.2) is 11.7 Å². The van der Waals surface area contributed by atoms with Gasteiger partial charge in [-0.05, 0) is 64.0 Å². The van der Waals surface area contributed by atoms with Crippen molar-refractivity contribution in [3.63, 3.8) is 0 Å². The highest BCUT2D eigenvalue weighted by Gasteiger charge is 2.24. The minimum atomic E-state index is -0.800. The zero-order chi connectivity index (χ0) is 14.3. The Labute approximate surface area is 140 Å². The molecule has 0 spiro atoms. The average Bonchev–Trinajstić information content (AvgIpc) is 2.87. The van der Waals surface area contributed by atoms with Gasteiger partial charge in [0.05, 0.1) is 6.61 Å². The van der Waals surface area contributed by atoms with E-state index in [0.717, 1.165) is 26.9 Å². The molecular formula is C15H11Cl2IO2. The lowest BCUT2D eigenvalue weighted by Crippen LogP contribution is -2.04. The first-order valence-corrected chi connectivity index (χ1v) is 7.98. The van der Waals surface area contributed by atoms with Crippen LogP contribution in [0, 0.1) is 3.57 Å². The number of halogens is 3. The Hall–Kier alpha value is -0.490. The van der Waals surface area contributed by atoms with Gasteiger partial charge in [-0.2, -0.15) is 0 Å². The van der Waals surface area contributed by atoms with E-state index >= 15 is 0 Å². The summed E-state index contributed by atoms with van der Waals surface area (Å²) in [5.74, 6) is 0.748. The molecule has 1 atom stereocenters. The smallest absolute Gasteiger partial charge is 0.128 e. The predicted octanol–water partition coefficient (Wildman–Crippen LogP) is 4.61. The lowest BCUT2D eigenvalue weighted by atomic mass is 9.98. The van der Waals surface area contributed by atoms with Crippen LogP contribution in [0.5, 0.6) is 5.75 Å². The van der Waals surface area contributed by atoms with E-state index in [4.69, 9.17) is 27.9 Å². The molecule has 0 saturated carbocycles. The summed E-state index contributed by atoms with van der Waals surface area (Å²) in [7, 11) is 0. The summed E-state index contributed by atoms with van der Waals surface area (Å²) in [6.45, 7) is 0.627. The third-order valence-corrected chi connectivity index (χ3v) is 4.76. The van der Waals surface area contributed by atoms with Gasteiger partial charge in [-0.3, -0.25) is 0 Å². The molecule has 1 heterocycles. The summed E-state index contributed by atoms with van der Waals surface area (Å²) < 4.78 is 6.59. The SMILES string of the molecule is OC(c1cc(Cl)ccc1I)c1cc(Cl)cc2c1OCC2. The number of aliphatic hydroxyl groups excluding tert-OH is 1. The molecule has 0 radical (unpaired) electrons. The summed E-state index contributed by atoms with van der Waals surface area (Å²) in [5, 5.41) is 11.9. The lowest BCUT2D eigenvalue weighted by molar-refractivity contribution is 0.213. The van der Waals surface area contributed by atoms with Crippen LogP contribution in [0.4, 0.5) is 0 Å². The quantitative estimate of drug-likeness (QED) is 0.718. The van der Waals surface area contributed by atoms with Crippen LogP contribution in [-0.2, 0) is 6.42 Å². The number of benzene rings is 2. The van der Waals surface area contributed by atoms with Crippen LogP contribution in [0.1, 0.15) is 22.8 Å². The van der Waals surface area contributed by atoms with Gasteiger partial charge >= 0.3 is 0 Å². The molecule has 20 heavy (non-hydrogen) atoms. The summed E-state index contributed by atoms with van der Waals surface area (Å²) in [5.41, 5.74) is 2.51. The minimum Gasteiger partial charge on any atom is -0.493 e. The lowest BCUT2D eigenvalue weighted by Gasteiger charge is -2.17. The van der Waals surface area contributed by atoms with E-state index in [9.17, 15) is 5.11 Å². The fraction of sp³-hybridized carbons (Fsp3) is 0.200. The van der Waals surface area contributed by atoms with Crippen molar-refractivity contribution in [2.24, 2.45) is 0 Å². The van der Waals surface area contributed by atoms with Gasteiger partial charge in [0, 0.05) is 25.6 Å². The van der Waals surface area contributed by atoms with Crippen LogP contribution < -0.4 is 4.74 Å². The maximum atomic E-state index is 10.7. The molecule has 1 aliphatic rings. The molecule has 1 unspecified atom stereocenters. The Bertz CT molecular complexity index is 673. The van der Waals surface area contributed by atoms with Crippen molar-refractivity contribution in [2.45, 2.75) is 12.5 Å². The van der Waals surface area contributed by atoms with E-state index in [1.54, 1.807) is 18.2 Å². The second-order valence-corrected chi connectivity index (χ2v) is 6.69. The summed E-state index contributed by atoms with van der Waals surface area (Å²) in [6.07, 6.45) is 0.0218. The molecule has 2 aromatic rings. The maximum Gasteiger partial charge on any atom is 0.128 e. The second-order valence-electron chi connectivity index (χ2n) is 4.65. The van der Waals surface area contributed by atoms with Crippen molar-refractivity contribution in [1.82, 2.24) is 0 Å². The van der Waals surface area contributed by atoms with E-state index in [1.807, 2.05) is 12.1 Å². The van der Waals surface area contributed by atoms with Gasteiger partial charge < -0.3 is 9.84 Å². The number of fused-ring (bicyclic) bond motifs is 1. The van der Waals surface area contributed by atoms with Crippen LogP contribution in [0.15, 0.2) is 30.3 Å². The van der Waals surface area contributed by atoms with Gasteiger partial charge in [0.25, 0.3) is 0 Å². The molecule has 5 heteroatoms. The van der Waals surface area contributed by atoms with E-state index in [2.05, 4.69) is 22.6 Å². The van der Waals surface area contributed by atoms with Crippen molar-refractivity contribution in [2.75, 3.05) is 6.61 Å². The van der Waals surface area contributed by atoms with Gasteiger partial charge in [-0.15, -0.1) is 0 Å². The first kappa shape index (κ1) is 14.4. The molecule has 0 fully saturated rings. The largest absolute Gasteiger partial charge is 0.493 e. The number of hydrogen-bond donors (Lipinski definition) is 1. The zero-order valence-electron chi connectivity index (χ0n) is 10.4. The van der Waals surface area contributed by atoms with Crippen LogP contribution in [0.3, 0.4) is 0 Å². The average molecular weight is 421 g/mol.